The van der Waals surface area contributed by atoms with Crippen LogP contribution in [0, 0.1) is 0 Å². The second-order valence-electron chi connectivity index (χ2n) is 2.98. The molecule has 6 N–H and O–H groups in total. The van der Waals surface area contributed by atoms with Gasteiger partial charge in [0.05, 0.1) is 11.4 Å². The molecule has 0 saturated carbocycles. The molecule has 0 unspecified atom stereocenters. The van der Waals surface area contributed by atoms with E-state index in [1.807, 2.05) is 60.7 Å². The molecule has 4 nitrogen and oxygen atoms in total. The van der Waals surface area contributed by atoms with Crippen LogP contribution in [0.25, 0.3) is 0 Å². The molecule has 16 heavy (non-hydrogen) atoms. The molecular weight excluding hydrogens is 200 g/mol. The first kappa shape index (κ1) is 12.0. The molecule has 0 aromatic heterocycles. The van der Waals surface area contributed by atoms with Gasteiger partial charge in [0.25, 0.3) is 0 Å². The van der Waals surface area contributed by atoms with Gasteiger partial charge in [-0.15, -0.1) is 0 Å². The maximum atomic E-state index is 4.00. The topological polar surface area (TPSA) is 76.1 Å². The normalized spacial score (nSPS) is 8.62. The molecule has 2 aromatic carbocycles. The van der Waals surface area contributed by atoms with Gasteiger partial charge >= 0.3 is 0 Å². The van der Waals surface area contributed by atoms with Crippen molar-refractivity contribution in [3.63, 3.8) is 0 Å². The SMILES string of the molecule is NN.c1ccc(NNc2ccccc2)cc1. The average Bonchev–Trinajstić information content (AvgIpc) is 2.41. The minimum Gasteiger partial charge on any atom is -0.301 e. The van der Waals surface area contributed by atoms with Crippen LogP contribution in [-0.2, 0) is 0 Å². The quantitative estimate of drug-likeness (QED) is 0.467. The predicted molar refractivity (Wildman–Crippen MR) is 68.5 cm³/mol. The van der Waals surface area contributed by atoms with Crippen molar-refractivity contribution in [2.75, 3.05) is 10.9 Å². The Kier molecular flexibility index (Phi) is 5.47. The fraction of sp³-hybridized carbons (Fsp3) is 0. The van der Waals surface area contributed by atoms with Crippen molar-refractivity contribution in [2.45, 2.75) is 0 Å². The molecular formula is C12H16N4. The van der Waals surface area contributed by atoms with E-state index >= 15 is 0 Å². The van der Waals surface area contributed by atoms with Crippen LogP contribution in [0.2, 0.25) is 0 Å². The molecule has 0 spiro atoms. The van der Waals surface area contributed by atoms with Crippen LogP contribution >= 0.6 is 0 Å². The largest absolute Gasteiger partial charge is 0.301 e. The number of nitrogens with one attached hydrogen (secondary N) is 2. The van der Waals surface area contributed by atoms with Gasteiger partial charge in [0.2, 0.25) is 0 Å². The van der Waals surface area contributed by atoms with Crippen molar-refractivity contribution in [3.05, 3.63) is 60.7 Å². The Morgan fingerprint density at radius 3 is 1.19 bits per heavy atom. The fourth-order valence-corrected chi connectivity index (χ4v) is 1.19. The molecule has 0 aliphatic carbocycles. The summed E-state index contributed by atoms with van der Waals surface area (Å²) in [6.07, 6.45) is 0. The Hall–Kier alpha value is -2.04. The number of anilines is 2. The van der Waals surface area contributed by atoms with Gasteiger partial charge in [0.15, 0.2) is 0 Å². The van der Waals surface area contributed by atoms with Gasteiger partial charge in [0.1, 0.15) is 0 Å². The van der Waals surface area contributed by atoms with E-state index in [0.29, 0.717) is 0 Å². The van der Waals surface area contributed by atoms with Crippen LogP contribution in [0.15, 0.2) is 60.7 Å². The number of hydrazine groups is 2. The second-order valence-corrected chi connectivity index (χ2v) is 2.98. The molecule has 0 amide bonds. The summed E-state index contributed by atoms with van der Waals surface area (Å²) in [5.74, 6) is 8.00. The first-order chi connectivity index (χ1) is 7.95. The molecule has 84 valence electrons. The third-order valence-electron chi connectivity index (χ3n) is 1.90. The van der Waals surface area contributed by atoms with Crippen molar-refractivity contribution < 1.29 is 0 Å². The van der Waals surface area contributed by atoms with Gasteiger partial charge in [-0.05, 0) is 24.3 Å². The van der Waals surface area contributed by atoms with E-state index < -0.39 is 0 Å². The number of para-hydroxylation sites is 2. The summed E-state index contributed by atoms with van der Waals surface area (Å²) in [7, 11) is 0. The number of hydrogen-bond acceptors (Lipinski definition) is 4. The van der Waals surface area contributed by atoms with E-state index in [1.165, 1.54) is 0 Å². The lowest BCUT2D eigenvalue weighted by Crippen LogP contribution is -2.07. The Bertz CT molecular complexity index is 335. The van der Waals surface area contributed by atoms with Crippen LogP contribution < -0.4 is 22.5 Å². The Morgan fingerprint density at radius 1 is 0.562 bits per heavy atom. The molecule has 0 saturated heterocycles. The van der Waals surface area contributed by atoms with Crippen molar-refractivity contribution in [1.29, 1.82) is 0 Å². The summed E-state index contributed by atoms with van der Waals surface area (Å²) >= 11 is 0. The Balaban J connectivity index is 0.000000606. The summed E-state index contributed by atoms with van der Waals surface area (Å²) < 4.78 is 0. The number of rotatable bonds is 3. The monoisotopic (exact) mass is 216 g/mol. The van der Waals surface area contributed by atoms with Crippen LogP contribution in [0.4, 0.5) is 11.4 Å². The highest BCUT2D eigenvalue weighted by Crippen LogP contribution is 2.08. The van der Waals surface area contributed by atoms with Crippen LogP contribution in [0.5, 0.6) is 0 Å². The molecule has 0 radical (unpaired) electrons. The highest BCUT2D eigenvalue weighted by atomic mass is 15.4. The number of hydrogen-bond donors (Lipinski definition) is 4. The predicted octanol–water partition coefficient (Wildman–Crippen LogP) is 1.94. The first-order valence-electron chi connectivity index (χ1n) is 4.90. The lowest BCUT2D eigenvalue weighted by atomic mass is 10.3. The molecule has 0 bridgehead atoms. The van der Waals surface area contributed by atoms with E-state index in [-0.39, 0.29) is 0 Å². The fourth-order valence-electron chi connectivity index (χ4n) is 1.19. The van der Waals surface area contributed by atoms with E-state index in [4.69, 9.17) is 0 Å². The van der Waals surface area contributed by atoms with E-state index in [1.54, 1.807) is 0 Å². The third-order valence-corrected chi connectivity index (χ3v) is 1.90. The smallest absolute Gasteiger partial charge is 0.0539 e. The minimum atomic E-state index is 1.05. The summed E-state index contributed by atoms with van der Waals surface area (Å²) in [5, 5.41) is 0. The standard InChI is InChI=1S/C12H12N2.H4N2/c1-3-7-11(8-4-1)13-14-12-9-5-2-6-10-12;1-2/h1-10,13-14H;1-2H2. The van der Waals surface area contributed by atoms with Crippen molar-refractivity contribution in [1.82, 2.24) is 0 Å². The maximum absolute atomic E-state index is 4.00. The average molecular weight is 216 g/mol. The van der Waals surface area contributed by atoms with E-state index in [9.17, 15) is 0 Å². The molecule has 4 heteroatoms. The molecule has 0 aliphatic rings. The molecule has 0 aliphatic heterocycles. The van der Waals surface area contributed by atoms with Gasteiger partial charge in [-0.3, -0.25) is 11.7 Å². The molecule has 0 fully saturated rings. The Labute approximate surface area is 95.2 Å². The molecule has 0 heterocycles. The van der Waals surface area contributed by atoms with Crippen molar-refractivity contribution >= 4 is 11.4 Å². The van der Waals surface area contributed by atoms with Gasteiger partial charge in [-0.1, -0.05) is 36.4 Å². The first-order valence-corrected chi connectivity index (χ1v) is 4.90. The maximum Gasteiger partial charge on any atom is 0.0539 e. The van der Waals surface area contributed by atoms with Crippen molar-refractivity contribution in [2.24, 2.45) is 11.7 Å². The molecule has 2 aromatic rings. The molecule has 2 rings (SSSR count). The lowest BCUT2D eigenvalue weighted by Gasteiger charge is -2.08. The second kappa shape index (κ2) is 7.28. The van der Waals surface area contributed by atoms with Gasteiger partial charge < -0.3 is 10.9 Å². The Morgan fingerprint density at radius 2 is 0.875 bits per heavy atom. The number of benzene rings is 2. The third kappa shape index (κ3) is 4.00. The highest BCUT2D eigenvalue weighted by Gasteiger charge is 1.88. The van der Waals surface area contributed by atoms with Gasteiger partial charge in [-0.2, -0.15) is 0 Å². The zero-order valence-electron chi connectivity index (χ0n) is 8.93. The van der Waals surface area contributed by atoms with Crippen LogP contribution in [-0.4, -0.2) is 0 Å². The van der Waals surface area contributed by atoms with Crippen LogP contribution in [0.3, 0.4) is 0 Å². The zero-order chi connectivity index (χ0) is 11.6. The van der Waals surface area contributed by atoms with E-state index in [2.05, 4.69) is 22.5 Å². The van der Waals surface area contributed by atoms with Gasteiger partial charge in [0, 0.05) is 0 Å². The molecule has 0 atom stereocenters. The summed E-state index contributed by atoms with van der Waals surface area (Å²) in [6.45, 7) is 0. The van der Waals surface area contributed by atoms with Crippen LogP contribution in [0.1, 0.15) is 0 Å². The van der Waals surface area contributed by atoms with Crippen molar-refractivity contribution in [3.8, 4) is 0 Å². The summed E-state index contributed by atoms with van der Waals surface area (Å²) in [6, 6.07) is 20.0. The lowest BCUT2D eigenvalue weighted by molar-refractivity contribution is 1.26. The minimum absolute atomic E-state index is 1.05. The summed E-state index contributed by atoms with van der Waals surface area (Å²) in [4.78, 5) is 0. The zero-order valence-corrected chi connectivity index (χ0v) is 8.93. The van der Waals surface area contributed by atoms with E-state index in [0.717, 1.165) is 11.4 Å². The van der Waals surface area contributed by atoms with Gasteiger partial charge in [-0.25, -0.2) is 0 Å². The highest BCUT2D eigenvalue weighted by molar-refractivity contribution is 5.51. The summed E-state index contributed by atoms with van der Waals surface area (Å²) in [5.41, 5.74) is 8.33. The number of nitrogens with two attached hydrogens (primary N) is 2.